The molecule has 1 spiro atoms. The van der Waals surface area contributed by atoms with Crippen LogP contribution >= 0.6 is 0 Å². The molecule has 28 heavy (non-hydrogen) atoms. The first-order valence-corrected chi connectivity index (χ1v) is 9.55. The summed E-state index contributed by atoms with van der Waals surface area (Å²) >= 11 is 0. The number of carbonyl (C=O) groups is 2. The van der Waals surface area contributed by atoms with Crippen LogP contribution in [0, 0.1) is 5.41 Å². The molecule has 1 fully saturated rings. The summed E-state index contributed by atoms with van der Waals surface area (Å²) in [5.74, 6) is 0.791. The Morgan fingerprint density at radius 1 is 1.18 bits per heavy atom. The lowest BCUT2D eigenvalue weighted by atomic mass is 9.61. The Kier molecular flexibility index (Phi) is 4.54. The molecule has 1 aromatic rings. The van der Waals surface area contributed by atoms with Gasteiger partial charge in [0.25, 0.3) is 0 Å². The van der Waals surface area contributed by atoms with Gasteiger partial charge in [-0.05, 0) is 62.2 Å². The van der Waals surface area contributed by atoms with Crippen LogP contribution in [0.2, 0.25) is 0 Å². The number of benzene rings is 1. The smallest absolute Gasteiger partial charge is 0.308 e. The van der Waals surface area contributed by atoms with Crippen LogP contribution in [0.5, 0.6) is 11.5 Å². The van der Waals surface area contributed by atoms with E-state index in [4.69, 9.17) is 14.2 Å². The summed E-state index contributed by atoms with van der Waals surface area (Å²) in [5.41, 5.74) is 2.99. The maximum Gasteiger partial charge on any atom is 0.308 e. The number of methoxy groups -OCH3 is 1. The molecule has 3 aliphatic rings. The van der Waals surface area contributed by atoms with Crippen molar-refractivity contribution in [2.75, 3.05) is 20.7 Å². The highest BCUT2D eigenvalue weighted by molar-refractivity contribution is 5.86. The number of likely N-dealkylation sites (tertiary alicyclic amines) is 1. The van der Waals surface area contributed by atoms with Gasteiger partial charge in [0, 0.05) is 30.9 Å². The van der Waals surface area contributed by atoms with Gasteiger partial charge in [0.2, 0.25) is 0 Å². The predicted molar refractivity (Wildman–Crippen MR) is 104 cm³/mol. The average Bonchev–Trinajstić information content (AvgIpc) is 2.96. The van der Waals surface area contributed by atoms with Crippen molar-refractivity contribution in [1.82, 2.24) is 4.90 Å². The lowest BCUT2D eigenvalue weighted by Gasteiger charge is -2.45. The number of carbonyl (C=O) groups excluding carboxylic acids is 2. The highest BCUT2D eigenvalue weighted by Crippen LogP contribution is 2.59. The maximum atomic E-state index is 11.8. The largest absolute Gasteiger partial charge is 0.493 e. The molecule has 0 saturated carbocycles. The number of hydrogen-bond donors (Lipinski definition) is 0. The highest BCUT2D eigenvalue weighted by Gasteiger charge is 2.53. The van der Waals surface area contributed by atoms with Gasteiger partial charge in [-0.3, -0.25) is 9.59 Å². The molecule has 0 unspecified atom stereocenters. The third kappa shape index (κ3) is 2.83. The first-order valence-electron chi connectivity index (χ1n) is 9.55. The summed E-state index contributed by atoms with van der Waals surface area (Å²) in [5, 5.41) is 0. The molecule has 1 saturated heterocycles. The molecule has 2 aliphatic carbocycles. The molecule has 0 N–H and O–H groups in total. The highest BCUT2D eigenvalue weighted by atomic mass is 16.6. The van der Waals surface area contributed by atoms with Gasteiger partial charge < -0.3 is 19.1 Å². The quantitative estimate of drug-likeness (QED) is 0.590. The van der Waals surface area contributed by atoms with Crippen LogP contribution in [0.25, 0.3) is 5.57 Å². The number of fused-ring (bicyclic) bond motifs is 2. The second-order valence-electron chi connectivity index (χ2n) is 7.79. The third-order valence-corrected chi connectivity index (χ3v) is 6.19. The molecule has 6 heteroatoms. The van der Waals surface area contributed by atoms with Crippen LogP contribution in [-0.4, -0.2) is 43.6 Å². The number of likely N-dealkylation sites (N-methyl/N-ethyl adjacent to an activating group) is 1. The Balaban J connectivity index is 1.94. The Bertz CT molecular complexity index is 916. The second kappa shape index (κ2) is 6.78. The second-order valence-corrected chi connectivity index (χ2v) is 7.79. The Labute approximate surface area is 164 Å². The molecular formula is C22H25NO5. The Morgan fingerprint density at radius 3 is 2.61 bits per heavy atom. The summed E-state index contributed by atoms with van der Waals surface area (Å²) in [6, 6.07) is 4.24. The minimum Gasteiger partial charge on any atom is -0.493 e. The van der Waals surface area contributed by atoms with Crippen LogP contribution in [0.15, 0.2) is 30.0 Å². The van der Waals surface area contributed by atoms with Gasteiger partial charge in [-0.1, -0.05) is 6.07 Å². The molecular weight excluding hydrogens is 358 g/mol. The minimum absolute atomic E-state index is 0.0906. The molecule has 0 radical (unpaired) electrons. The Morgan fingerprint density at radius 2 is 1.93 bits per heavy atom. The van der Waals surface area contributed by atoms with Gasteiger partial charge >= 0.3 is 11.9 Å². The van der Waals surface area contributed by atoms with Crippen molar-refractivity contribution in [2.45, 2.75) is 39.2 Å². The van der Waals surface area contributed by atoms with E-state index in [1.54, 1.807) is 7.11 Å². The van der Waals surface area contributed by atoms with Gasteiger partial charge in [-0.15, -0.1) is 0 Å². The van der Waals surface area contributed by atoms with E-state index in [2.05, 4.69) is 11.9 Å². The summed E-state index contributed by atoms with van der Waals surface area (Å²) in [4.78, 5) is 25.7. The van der Waals surface area contributed by atoms with E-state index in [-0.39, 0.29) is 11.4 Å². The first kappa shape index (κ1) is 18.7. The van der Waals surface area contributed by atoms with Gasteiger partial charge in [0.15, 0.2) is 11.5 Å². The van der Waals surface area contributed by atoms with E-state index in [1.165, 1.54) is 13.8 Å². The normalized spacial score (nSPS) is 25.6. The topological polar surface area (TPSA) is 65.1 Å². The van der Waals surface area contributed by atoms with Crippen LogP contribution in [0.4, 0.5) is 0 Å². The minimum atomic E-state index is -0.390. The average molecular weight is 383 g/mol. The van der Waals surface area contributed by atoms with Crippen molar-refractivity contribution in [3.8, 4) is 11.5 Å². The number of nitrogens with zero attached hydrogens (tertiary/aromatic N) is 1. The zero-order valence-corrected chi connectivity index (χ0v) is 16.7. The number of ether oxygens (including phenoxy) is 3. The molecule has 0 bridgehead atoms. The predicted octanol–water partition coefficient (Wildman–Crippen LogP) is 3.10. The molecule has 1 aliphatic heterocycles. The van der Waals surface area contributed by atoms with Crippen molar-refractivity contribution < 1.29 is 23.8 Å². The maximum absolute atomic E-state index is 11.8. The van der Waals surface area contributed by atoms with Gasteiger partial charge in [-0.25, -0.2) is 0 Å². The van der Waals surface area contributed by atoms with E-state index in [9.17, 15) is 9.59 Å². The summed E-state index contributed by atoms with van der Waals surface area (Å²) in [7, 11) is 3.72. The molecule has 0 aromatic heterocycles. The van der Waals surface area contributed by atoms with Crippen molar-refractivity contribution in [3.63, 3.8) is 0 Å². The number of allylic oxidation sites excluding steroid dienone is 2. The molecule has 2 atom stereocenters. The molecule has 148 valence electrons. The van der Waals surface area contributed by atoms with E-state index in [0.29, 0.717) is 23.3 Å². The van der Waals surface area contributed by atoms with Crippen molar-refractivity contribution in [3.05, 3.63) is 41.2 Å². The SMILES string of the molecule is COc1ccc2c(c1OC(C)=O)C1=CC(OC(C)=O)=CC[C@@]13CCN(C)[C@@H]3C2. The fraction of sp³-hybridized carbons (Fsp3) is 0.455. The van der Waals surface area contributed by atoms with Crippen molar-refractivity contribution in [2.24, 2.45) is 5.41 Å². The van der Waals surface area contributed by atoms with Crippen molar-refractivity contribution in [1.29, 1.82) is 0 Å². The molecule has 1 heterocycles. The van der Waals surface area contributed by atoms with Gasteiger partial charge in [-0.2, -0.15) is 0 Å². The van der Waals surface area contributed by atoms with Crippen LogP contribution in [0.1, 0.15) is 37.8 Å². The van der Waals surface area contributed by atoms with E-state index >= 15 is 0 Å². The summed E-state index contributed by atoms with van der Waals surface area (Å²) < 4.78 is 16.5. The van der Waals surface area contributed by atoms with Crippen LogP contribution in [-0.2, 0) is 20.7 Å². The molecule has 6 nitrogen and oxygen atoms in total. The number of hydrogen-bond acceptors (Lipinski definition) is 6. The van der Waals surface area contributed by atoms with E-state index < -0.39 is 5.97 Å². The fourth-order valence-electron chi connectivity index (χ4n) is 5.00. The van der Waals surface area contributed by atoms with Crippen LogP contribution in [0.3, 0.4) is 0 Å². The fourth-order valence-corrected chi connectivity index (χ4v) is 5.00. The standard InChI is InChI=1S/C22H25NO5/c1-13(24)27-16-7-8-22-9-10-23(3)19(22)11-15-5-6-18(26-4)21(28-14(2)25)20(15)17(22)12-16/h5-7,12,19H,8-11H2,1-4H3/t19-,22-/m1/s1. The summed E-state index contributed by atoms with van der Waals surface area (Å²) in [6.45, 7) is 3.79. The lowest BCUT2D eigenvalue weighted by molar-refractivity contribution is -0.136. The van der Waals surface area contributed by atoms with E-state index in [1.807, 2.05) is 24.3 Å². The van der Waals surface area contributed by atoms with Gasteiger partial charge in [0.05, 0.1) is 7.11 Å². The summed E-state index contributed by atoms with van der Waals surface area (Å²) in [6.07, 6.45) is 6.61. The van der Waals surface area contributed by atoms with Crippen LogP contribution < -0.4 is 9.47 Å². The third-order valence-electron chi connectivity index (χ3n) is 6.19. The van der Waals surface area contributed by atoms with Gasteiger partial charge in [0.1, 0.15) is 5.76 Å². The first-order chi connectivity index (χ1) is 13.4. The van der Waals surface area contributed by atoms with E-state index in [0.717, 1.165) is 42.5 Å². The Hall–Kier alpha value is -2.60. The number of esters is 2. The van der Waals surface area contributed by atoms with Crippen molar-refractivity contribution >= 4 is 17.5 Å². The lowest BCUT2D eigenvalue weighted by Crippen LogP contribution is -2.44. The monoisotopic (exact) mass is 383 g/mol. The number of rotatable bonds is 3. The molecule has 4 rings (SSSR count). The molecule has 1 aromatic carbocycles. The molecule has 0 amide bonds. The zero-order chi connectivity index (χ0) is 20.1. The zero-order valence-electron chi connectivity index (χ0n) is 16.7.